The molecule has 1 N–H and O–H groups in total. The van der Waals surface area contributed by atoms with Crippen LogP contribution >= 0.6 is 35.0 Å². The van der Waals surface area contributed by atoms with Crippen LogP contribution in [0, 0.1) is 0 Å². The first-order chi connectivity index (χ1) is 10.1. The van der Waals surface area contributed by atoms with Crippen molar-refractivity contribution in [3.63, 3.8) is 0 Å². The molecule has 1 aromatic carbocycles. The quantitative estimate of drug-likeness (QED) is 0.740. The lowest BCUT2D eigenvalue weighted by Gasteiger charge is -2.16. The second-order valence-electron chi connectivity index (χ2n) is 4.75. The molecule has 5 heteroatoms. The molecule has 0 aliphatic carbocycles. The minimum atomic E-state index is 0.268. The van der Waals surface area contributed by atoms with E-state index in [-0.39, 0.29) is 6.04 Å². The first kappa shape index (κ1) is 16.6. The Morgan fingerprint density at radius 2 is 2.05 bits per heavy atom. The van der Waals surface area contributed by atoms with Crippen molar-refractivity contribution in [1.29, 1.82) is 0 Å². The van der Waals surface area contributed by atoms with Crippen molar-refractivity contribution in [1.82, 2.24) is 10.3 Å². The molecule has 2 nitrogen and oxygen atoms in total. The smallest absolute Gasteiger partial charge is 0.105 e. The van der Waals surface area contributed by atoms with E-state index < -0.39 is 0 Å². The second kappa shape index (κ2) is 8.04. The third kappa shape index (κ3) is 4.62. The van der Waals surface area contributed by atoms with Gasteiger partial charge in [-0.05, 0) is 44.2 Å². The molecule has 0 fully saturated rings. The van der Waals surface area contributed by atoms with Crippen LogP contribution in [0.5, 0.6) is 0 Å². The monoisotopic (exact) mass is 340 g/mol. The molecular formula is C16H18Cl2N2S. The SMILES string of the molecule is CCCNC(C)c1cccnc1Sc1ccc(Cl)c(Cl)c1. The number of hydrogen-bond acceptors (Lipinski definition) is 3. The van der Waals surface area contributed by atoms with E-state index in [9.17, 15) is 0 Å². The molecule has 0 aliphatic rings. The topological polar surface area (TPSA) is 24.9 Å². The van der Waals surface area contributed by atoms with Crippen LogP contribution in [0.1, 0.15) is 31.9 Å². The molecule has 1 unspecified atom stereocenters. The molecular weight excluding hydrogens is 323 g/mol. The zero-order chi connectivity index (χ0) is 15.2. The van der Waals surface area contributed by atoms with Crippen molar-refractivity contribution in [3.05, 3.63) is 52.1 Å². The highest BCUT2D eigenvalue weighted by molar-refractivity contribution is 7.99. The molecule has 21 heavy (non-hydrogen) atoms. The summed E-state index contributed by atoms with van der Waals surface area (Å²) in [6.07, 6.45) is 2.93. The molecule has 0 spiro atoms. The average Bonchev–Trinajstić information content (AvgIpc) is 2.49. The van der Waals surface area contributed by atoms with Crippen LogP contribution in [-0.4, -0.2) is 11.5 Å². The van der Waals surface area contributed by atoms with Gasteiger partial charge in [-0.15, -0.1) is 0 Å². The van der Waals surface area contributed by atoms with Gasteiger partial charge < -0.3 is 5.32 Å². The molecule has 2 aromatic rings. The van der Waals surface area contributed by atoms with Crippen molar-refractivity contribution in [2.24, 2.45) is 0 Å². The van der Waals surface area contributed by atoms with E-state index in [1.165, 1.54) is 5.56 Å². The summed E-state index contributed by atoms with van der Waals surface area (Å²) in [5, 5.41) is 5.62. The van der Waals surface area contributed by atoms with Crippen LogP contribution in [0.25, 0.3) is 0 Å². The highest BCUT2D eigenvalue weighted by atomic mass is 35.5. The van der Waals surface area contributed by atoms with Crippen molar-refractivity contribution < 1.29 is 0 Å². The summed E-state index contributed by atoms with van der Waals surface area (Å²) in [5.74, 6) is 0. The van der Waals surface area contributed by atoms with Gasteiger partial charge in [0.1, 0.15) is 5.03 Å². The standard InChI is InChI=1S/C16H18Cl2N2S/c1-3-8-19-11(2)13-5-4-9-20-16(13)21-12-6-7-14(17)15(18)10-12/h4-7,9-11,19H,3,8H2,1-2H3. The van der Waals surface area contributed by atoms with Gasteiger partial charge in [0, 0.05) is 22.7 Å². The first-order valence-electron chi connectivity index (χ1n) is 6.93. The summed E-state index contributed by atoms with van der Waals surface area (Å²) in [5.41, 5.74) is 1.20. The molecule has 0 bridgehead atoms. The third-order valence-electron chi connectivity index (χ3n) is 3.07. The maximum atomic E-state index is 6.07. The number of halogens is 2. The van der Waals surface area contributed by atoms with Gasteiger partial charge >= 0.3 is 0 Å². The predicted molar refractivity (Wildman–Crippen MR) is 91.5 cm³/mol. The molecule has 0 aliphatic heterocycles. The Labute approximate surface area is 140 Å². The highest BCUT2D eigenvalue weighted by Crippen LogP contribution is 2.34. The summed E-state index contributed by atoms with van der Waals surface area (Å²) in [4.78, 5) is 5.54. The molecule has 0 saturated heterocycles. The van der Waals surface area contributed by atoms with Crippen molar-refractivity contribution in [2.75, 3.05) is 6.54 Å². The minimum absolute atomic E-state index is 0.268. The number of nitrogens with zero attached hydrogens (tertiary/aromatic N) is 1. The maximum absolute atomic E-state index is 6.07. The van der Waals surface area contributed by atoms with Gasteiger partial charge in [0.05, 0.1) is 10.0 Å². The molecule has 112 valence electrons. The number of benzene rings is 1. The molecule has 2 rings (SSSR count). The number of pyridine rings is 1. The fourth-order valence-corrected chi connectivity index (χ4v) is 3.32. The van der Waals surface area contributed by atoms with E-state index in [4.69, 9.17) is 23.2 Å². The van der Waals surface area contributed by atoms with Crippen molar-refractivity contribution in [3.8, 4) is 0 Å². The Bertz CT molecular complexity index is 605. The third-order valence-corrected chi connectivity index (χ3v) is 4.84. The average molecular weight is 341 g/mol. The number of aromatic nitrogens is 1. The maximum Gasteiger partial charge on any atom is 0.105 e. The Hall–Kier alpha value is -0.740. The second-order valence-corrected chi connectivity index (χ2v) is 6.63. The zero-order valence-electron chi connectivity index (χ0n) is 12.1. The summed E-state index contributed by atoms with van der Waals surface area (Å²) < 4.78 is 0. The minimum Gasteiger partial charge on any atom is -0.310 e. The van der Waals surface area contributed by atoms with Gasteiger partial charge in [0.2, 0.25) is 0 Å². The van der Waals surface area contributed by atoms with Crippen LogP contribution < -0.4 is 5.32 Å². The molecule has 1 atom stereocenters. The molecule has 0 amide bonds. The van der Waals surface area contributed by atoms with Crippen LogP contribution in [-0.2, 0) is 0 Å². The van der Waals surface area contributed by atoms with E-state index in [1.54, 1.807) is 11.8 Å². The van der Waals surface area contributed by atoms with Crippen molar-refractivity contribution in [2.45, 2.75) is 36.2 Å². The summed E-state index contributed by atoms with van der Waals surface area (Å²) >= 11 is 13.6. The lowest BCUT2D eigenvalue weighted by atomic mass is 10.1. The van der Waals surface area contributed by atoms with Crippen molar-refractivity contribution >= 4 is 35.0 Å². The Morgan fingerprint density at radius 1 is 1.24 bits per heavy atom. The van der Waals surface area contributed by atoms with Gasteiger partial charge in [-0.1, -0.05) is 48.0 Å². The predicted octanol–water partition coefficient (Wildman–Crippen LogP) is 5.60. The van der Waals surface area contributed by atoms with Crippen LogP contribution in [0.3, 0.4) is 0 Å². The van der Waals surface area contributed by atoms with Gasteiger partial charge in [-0.3, -0.25) is 0 Å². The lowest BCUT2D eigenvalue weighted by Crippen LogP contribution is -2.20. The Kier molecular flexibility index (Phi) is 6.37. The van der Waals surface area contributed by atoms with Crippen LogP contribution in [0.2, 0.25) is 10.0 Å². The lowest BCUT2D eigenvalue weighted by molar-refractivity contribution is 0.560. The fraction of sp³-hybridized carbons (Fsp3) is 0.312. The van der Waals surface area contributed by atoms with E-state index >= 15 is 0 Å². The molecule has 1 aromatic heterocycles. The first-order valence-corrected chi connectivity index (χ1v) is 8.50. The van der Waals surface area contributed by atoms with Crippen LogP contribution in [0.4, 0.5) is 0 Å². The van der Waals surface area contributed by atoms with Gasteiger partial charge in [0.15, 0.2) is 0 Å². The van der Waals surface area contributed by atoms with Crippen LogP contribution in [0.15, 0.2) is 46.5 Å². The summed E-state index contributed by atoms with van der Waals surface area (Å²) in [6, 6.07) is 9.99. The number of hydrogen-bond donors (Lipinski definition) is 1. The number of rotatable bonds is 6. The number of nitrogens with one attached hydrogen (secondary N) is 1. The van der Waals surface area contributed by atoms with Gasteiger partial charge in [-0.2, -0.15) is 0 Å². The largest absolute Gasteiger partial charge is 0.310 e. The van der Waals surface area contributed by atoms with E-state index in [0.717, 1.165) is 22.9 Å². The normalized spacial score (nSPS) is 12.4. The molecule has 1 heterocycles. The van der Waals surface area contributed by atoms with Gasteiger partial charge in [-0.25, -0.2) is 4.98 Å². The van der Waals surface area contributed by atoms with E-state index in [0.29, 0.717) is 10.0 Å². The zero-order valence-corrected chi connectivity index (χ0v) is 14.4. The Balaban J connectivity index is 2.21. The van der Waals surface area contributed by atoms with Gasteiger partial charge in [0.25, 0.3) is 0 Å². The fourth-order valence-electron chi connectivity index (χ4n) is 1.94. The summed E-state index contributed by atoms with van der Waals surface area (Å²) in [7, 11) is 0. The Morgan fingerprint density at radius 3 is 2.76 bits per heavy atom. The molecule has 0 saturated carbocycles. The molecule has 0 radical (unpaired) electrons. The summed E-state index contributed by atoms with van der Waals surface area (Å²) in [6.45, 7) is 5.31. The van der Waals surface area contributed by atoms with E-state index in [2.05, 4.69) is 30.2 Å². The highest BCUT2D eigenvalue weighted by Gasteiger charge is 2.12. The van der Waals surface area contributed by atoms with E-state index in [1.807, 2.05) is 30.5 Å².